The first-order valence-electron chi connectivity index (χ1n) is 8.09. The summed E-state index contributed by atoms with van der Waals surface area (Å²) < 4.78 is 5.39. The van der Waals surface area contributed by atoms with Crippen LogP contribution in [-0.2, 0) is 0 Å². The van der Waals surface area contributed by atoms with E-state index in [1.54, 1.807) is 6.07 Å². The van der Waals surface area contributed by atoms with E-state index in [9.17, 15) is 4.79 Å². The van der Waals surface area contributed by atoms with Gasteiger partial charge >= 0.3 is 5.63 Å². The highest BCUT2D eigenvalue weighted by molar-refractivity contribution is 5.93. The molecule has 1 aliphatic rings. The number of aromatic nitrogens is 1. The fourth-order valence-corrected chi connectivity index (χ4v) is 3.27. The quantitative estimate of drug-likeness (QED) is 0.707. The van der Waals surface area contributed by atoms with E-state index in [-0.39, 0.29) is 5.63 Å². The fraction of sp³-hybridized carbons (Fsp3) is 0.200. The molecule has 0 radical (unpaired) electrons. The number of hydrogen-bond donors (Lipinski definition) is 0. The van der Waals surface area contributed by atoms with Crippen LogP contribution < -0.4 is 10.5 Å². The van der Waals surface area contributed by atoms with Crippen molar-refractivity contribution in [1.29, 1.82) is 0 Å². The monoisotopic (exact) mass is 318 g/mol. The van der Waals surface area contributed by atoms with Gasteiger partial charge in [0.2, 0.25) is 5.71 Å². The Labute approximate surface area is 140 Å². The molecule has 1 aliphatic heterocycles. The van der Waals surface area contributed by atoms with Crippen molar-refractivity contribution in [2.75, 3.05) is 11.4 Å². The highest BCUT2D eigenvalue weighted by Gasteiger charge is 2.17. The molecule has 4 heteroatoms. The van der Waals surface area contributed by atoms with Gasteiger partial charge in [0.25, 0.3) is 0 Å². The molecule has 2 aromatic heterocycles. The summed E-state index contributed by atoms with van der Waals surface area (Å²) in [5.74, 6) is 0.818. The third kappa shape index (κ3) is 2.40. The summed E-state index contributed by atoms with van der Waals surface area (Å²) in [6.07, 6.45) is 3.20. The molecule has 3 heterocycles. The maximum absolute atomic E-state index is 12.1. The first-order chi connectivity index (χ1) is 11.6. The van der Waals surface area contributed by atoms with E-state index in [0.717, 1.165) is 40.9 Å². The maximum atomic E-state index is 12.1. The van der Waals surface area contributed by atoms with Crippen molar-refractivity contribution < 1.29 is 4.42 Å². The molecule has 0 N–H and O–H groups in total. The van der Waals surface area contributed by atoms with Crippen LogP contribution in [0, 0.1) is 6.92 Å². The summed E-state index contributed by atoms with van der Waals surface area (Å²) in [7, 11) is 0. The van der Waals surface area contributed by atoms with Gasteiger partial charge in [-0.2, -0.15) is 4.98 Å². The summed E-state index contributed by atoms with van der Waals surface area (Å²) in [6, 6.07) is 13.6. The second-order valence-corrected chi connectivity index (χ2v) is 6.10. The number of anilines is 1. The number of nitrogens with zero attached hydrogens (tertiary/aromatic N) is 2. The average Bonchev–Trinajstić information content (AvgIpc) is 3.00. The molecule has 0 saturated carbocycles. The summed E-state index contributed by atoms with van der Waals surface area (Å²) in [5, 5.41) is 0.855. The molecule has 3 aromatic rings. The van der Waals surface area contributed by atoms with Crippen molar-refractivity contribution in [3.05, 3.63) is 70.2 Å². The van der Waals surface area contributed by atoms with E-state index in [1.807, 2.05) is 43.3 Å². The normalized spacial score (nSPS) is 14.2. The van der Waals surface area contributed by atoms with E-state index in [2.05, 4.69) is 22.9 Å². The Balaban J connectivity index is 1.92. The summed E-state index contributed by atoms with van der Waals surface area (Å²) in [6.45, 7) is 5.01. The third-order valence-corrected chi connectivity index (χ3v) is 4.53. The van der Waals surface area contributed by atoms with Gasteiger partial charge in [0, 0.05) is 29.3 Å². The van der Waals surface area contributed by atoms with Crippen LogP contribution in [0.5, 0.6) is 0 Å². The number of rotatable bonds is 2. The standard InChI is InChI=1S/C20H18N2O2/c1-13-6-3-4-8-15(13)17-12-19(23)24-20-16(17)9-10-18(21-20)22-11-5-7-14(22)2/h3-4,6-10,12H,5,11H2,1-2H3. The van der Waals surface area contributed by atoms with E-state index >= 15 is 0 Å². The van der Waals surface area contributed by atoms with E-state index in [1.165, 1.54) is 5.70 Å². The van der Waals surface area contributed by atoms with Crippen molar-refractivity contribution in [3.63, 3.8) is 0 Å². The molecule has 1 aromatic carbocycles. The highest BCUT2D eigenvalue weighted by atomic mass is 16.4. The Kier molecular flexibility index (Phi) is 3.45. The Bertz CT molecular complexity index is 1020. The summed E-state index contributed by atoms with van der Waals surface area (Å²) in [4.78, 5) is 18.8. The number of hydrogen-bond acceptors (Lipinski definition) is 4. The van der Waals surface area contributed by atoms with Crippen LogP contribution in [0.2, 0.25) is 0 Å². The molecular weight excluding hydrogens is 300 g/mol. The largest absolute Gasteiger partial charge is 0.404 e. The maximum Gasteiger partial charge on any atom is 0.338 e. The van der Waals surface area contributed by atoms with E-state index in [0.29, 0.717) is 5.71 Å². The van der Waals surface area contributed by atoms with Crippen molar-refractivity contribution in [3.8, 4) is 11.1 Å². The van der Waals surface area contributed by atoms with Crippen molar-refractivity contribution in [2.24, 2.45) is 0 Å². The molecule has 120 valence electrons. The zero-order valence-corrected chi connectivity index (χ0v) is 13.7. The minimum atomic E-state index is -0.376. The lowest BCUT2D eigenvalue weighted by Gasteiger charge is -2.19. The molecule has 0 amide bonds. The highest BCUT2D eigenvalue weighted by Crippen LogP contribution is 2.31. The summed E-state index contributed by atoms with van der Waals surface area (Å²) >= 11 is 0. The molecule has 0 bridgehead atoms. The predicted octanol–water partition coefficient (Wildman–Crippen LogP) is 4.28. The molecule has 0 saturated heterocycles. The molecular formula is C20H18N2O2. The molecule has 0 aliphatic carbocycles. The van der Waals surface area contributed by atoms with Crippen LogP contribution in [0.25, 0.3) is 22.2 Å². The van der Waals surface area contributed by atoms with E-state index < -0.39 is 0 Å². The molecule has 4 nitrogen and oxygen atoms in total. The topological polar surface area (TPSA) is 46.3 Å². The van der Waals surface area contributed by atoms with Gasteiger partial charge in [-0.3, -0.25) is 0 Å². The minimum absolute atomic E-state index is 0.376. The van der Waals surface area contributed by atoms with Gasteiger partial charge in [0.15, 0.2) is 0 Å². The van der Waals surface area contributed by atoms with Gasteiger partial charge in [-0.1, -0.05) is 30.3 Å². The van der Waals surface area contributed by atoms with Crippen LogP contribution in [0.3, 0.4) is 0 Å². The van der Waals surface area contributed by atoms with Gasteiger partial charge in [0.05, 0.1) is 0 Å². The number of pyridine rings is 1. The Morgan fingerprint density at radius 3 is 2.67 bits per heavy atom. The van der Waals surface area contributed by atoms with Crippen LogP contribution in [0.4, 0.5) is 5.82 Å². The van der Waals surface area contributed by atoms with Gasteiger partial charge in [-0.15, -0.1) is 0 Å². The van der Waals surface area contributed by atoms with Crippen LogP contribution in [-0.4, -0.2) is 11.5 Å². The number of benzene rings is 1. The molecule has 0 unspecified atom stereocenters. The van der Waals surface area contributed by atoms with Crippen molar-refractivity contribution in [1.82, 2.24) is 4.98 Å². The number of fused-ring (bicyclic) bond motifs is 1. The lowest BCUT2D eigenvalue weighted by molar-refractivity contribution is 0.550. The second kappa shape index (κ2) is 5.64. The van der Waals surface area contributed by atoms with Crippen molar-refractivity contribution in [2.45, 2.75) is 20.3 Å². The zero-order valence-electron chi connectivity index (χ0n) is 13.7. The SMILES string of the molecule is CC1=CCCN1c1ccc2c(-c3ccccc3C)cc(=O)oc2n1. The molecule has 0 fully saturated rings. The lowest BCUT2D eigenvalue weighted by Crippen LogP contribution is -2.18. The Hall–Kier alpha value is -2.88. The minimum Gasteiger partial charge on any atom is -0.404 e. The Morgan fingerprint density at radius 1 is 1.08 bits per heavy atom. The van der Waals surface area contributed by atoms with Crippen molar-refractivity contribution >= 4 is 16.9 Å². The smallest absolute Gasteiger partial charge is 0.338 e. The van der Waals surface area contributed by atoms with Gasteiger partial charge < -0.3 is 9.32 Å². The fourth-order valence-electron chi connectivity index (χ4n) is 3.27. The third-order valence-electron chi connectivity index (χ3n) is 4.53. The molecule has 4 rings (SSSR count). The first-order valence-corrected chi connectivity index (χ1v) is 8.09. The van der Waals surface area contributed by atoms with Crippen LogP contribution in [0.15, 0.2) is 63.4 Å². The molecule has 24 heavy (non-hydrogen) atoms. The summed E-state index contributed by atoms with van der Waals surface area (Å²) in [5.41, 5.74) is 4.21. The van der Waals surface area contributed by atoms with E-state index in [4.69, 9.17) is 4.42 Å². The second-order valence-electron chi connectivity index (χ2n) is 6.10. The van der Waals surface area contributed by atoms with Gasteiger partial charge in [-0.25, -0.2) is 4.79 Å². The Morgan fingerprint density at radius 2 is 1.92 bits per heavy atom. The average molecular weight is 318 g/mol. The van der Waals surface area contributed by atoms with Gasteiger partial charge in [-0.05, 0) is 43.5 Å². The molecule has 0 spiro atoms. The predicted molar refractivity (Wildman–Crippen MR) is 96.2 cm³/mol. The zero-order chi connectivity index (χ0) is 16.7. The number of allylic oxidation sites excluding steroid dienone is 1. The van der Waals surface area contributed by atoms with Crippen LogP contribution >= 0.6 is 0 Å². The van der Waals surface area contributed by atoms with Gasteiger partial charge in [0.1, 0.15) is 5.82 Å². The molecule has 0 atom stereocenters. The lowest BCUT2D eigenvalue weighted by atomic mass is 9.99. The number of aryl methyl sites for hydroxylation is 1. The van der Waals surface area contributed by atoms with Crippen LogP contribution in [0.1, 0.15) is 18.9 Å². The first kappa shape index (κ1) is 14.7.